The minimum Gasteiger partial charge on any atom is -0.377 e. The normalized spacial score (nSPS) is 21.3. The molecule has 0 spiro atoms. The van der Waals surface area contributed by atoms with Crippen LogP contribution in [0, 0.1) is 0 Å². The number of rotatable bonds is 6. The molecule has 10 heteroatoms. The van der Waals surface area contributed by atoms with E-state index in [0.717, 1.165) is 23.8 Å². The summed E-state index contributed by atoms with van der Waals surface area (Å²) in [6.45, 7) is 1.56. The molecule has 1 aliphatic carbocycles. The maximum atomic E-state index is 14.9. The van der Waals surface area contributed by atoms with Crippen molar-refractivity contribution in [1.29, 1.82) is 0 Å². The van der Waals surface area contributed by atoms with E-state index in [1.165, 1.54) is 6.20 Å². The van der Waals surface area contributed by atoms with E-state index in [1.807, 2.05) is 12.1 Å². The van der Waals surface area contributed by atoms with Crippen LogP contribution in [0.3, 0.4) is 0 Å². The summed E-state index contributed by atoms with van der Waals surface area (Å²) < 4.78 is 42.0. The number of benzene rings is 1. The third-order valence-electron chi connectivity index (χ3n) is 5.61. The molecule has 1 fully saturated rings. The van der Waals surface area contributed by atoms with Gasteiger partial charge in [-0.2, -0.15) is 5.10 Å². The van der Waals surface area contributed by atoms with Crippen molar-refractivity contribution >= 4 is 32.8 Å². The number of nitrogens with zero attached hydrogens (tertiary/aromatic N) is 2. The lowest BCUT2D eigenvalue weighted by Gasteiger charge is -2.26. The number of nitrogens with two attached hydrogens (primary N) is 1. The Hall–Kier alpha value is -3.14. The van der Waals surface area contributed by atoms with Crippen LogP contribution in [-0.4, -0.2) is 41.9 Å². The summed E-state index contributed by atoms with van der Waals surface area (Å²) in [5.74, 6) is -0.654. The predicted molar refractivity (Wildman–Crippen MR) is 118 cm³/mol. The van der Waals surface area contributed by atoms with Crippen molar-refractivity contribution < 1.29 is 17.6 Å². The summed E-state index contributed by atoms with van der Waals surface area (Å²) in [7, 11) is -3.41. The van der Waals surface area contributed by atoms with E-state index in [2.05, 4.69) is 15.1 Å². The first-order valence-corrected chi connectivity index (χ1v) is 11.8. The minimum absolute atomic E-state index is 0.187. The van der Waals surface area contributed by atoms with E-state index in [1.54, 1.807) is 35.8 Å². The van der Waals surface area contributed by atoms with E-state index in [0.29, 0.717) is 29.7 Å². The summed E-state index contributed by atoms with van der Waals surface area (Å²) >= 11 is 0. The summed E-state index contributed by atoms with van der Waals surface area (Å²) in [5.41, 5.74) is 7.31. The standard InChI is InChI=1S/C21H24FN5O3S/c1-21(22)8-4-7-18(21)25-19-16(20(23)28)11-24-27-12-14(10-17(19)27)13-5-3-6-15(9-13)26-31(2,29)30/h3,5-6,9-12,18,25-26H,4,7-8H2,1-2H3,(H2,23,28). The third kappa shape index (κ3) is 4.34. The van der Waals surface area contributed by atoms with Gasteiger partial charge in [0.15, 0.2) is 0 Å². The van der Waals surface area contributed by atoms with Crippen LogP contribution in [0.1, 0.15) is 36.5 Å². The number of fused-ring (bicyclic) bond motifs is 1. The molecule has 3 aromatic rings. The van der Waals surface area contributed by atoms with Gasteiger partial charge >= 0.3 is 0 Å². The molecule has 2 aromatic heterocycles. The van der Waals surface area contributed by atoms with Gasteiger partial charge in [-0.3, -0.25) is 9.52 Å². The topological polar surface area (TPSA) is 119 Å². The van der Waals surface area contributed by atoms with Crippen LogP contribution in [-0.2, 0) is 10.0 Å². The van der Waals surface area contributed by atoms with Crippen LogP contribution < -0.4 is 15.8 Å². The Morgan fingerprint density at radius 1 is 1.32 bits per heavy atom. The van der Waals surface area contributed by atoms with Crippen molar-refractivity contribution in [2.75, 3.05) is 16.3 Å². The van der Waals surface area contributed by atoms with Crippen molar-refractivity contribution in [3.8, 4) is 11.1 Å². The molecular weight excluding hydrogens is 421 g/mol. The number of hydrogen-bond donors (Lipinski definition) is 3. The SMILES string of the molecule is CC1(F)CCCC1Nc1c(C(N)=O)cnn2cc(-c3cccc(NS(C)(=O)=O)c3)cc12. The molecule has 1 amide bonds. The molecule has 1 aromatic carbocycles. The van der Waals surface area contributed by atoms with E-state index >= 15 is 0 Å². The molecule has 0 bridgehead atoms. The highest BCUT2D eigenvalue weighted by Crippen LogP contribution is 2.37. The molecule has 0 aliphatic heterocycles. The largest absolute Gasteiger partial charge is 0.377 e. The number of amides is 1. The number of carbonyl (C=O) groups is 1. The van der Waals surface area contributed by atoms with Crippen LogP contribution in [0.15, 0.2) is 42.7 Å². The molecule has 2 unspecified atom stereocenters. The number of anilines is 2. The lowest BCUT2D eigenvalue weighted by molar-refractivity contribution is 0.1000. The van der Waals surface area contributed by atoms with Crippen LogP contribution >= 0.6 is 0 Å². The van der Waals surface area contributed by atoms with Gasteiger partial charge in [-0.1, -0.05) is 12.1 Å². The molecule has 0 radical (unpaired) electrons. The molecule has 4 rings (SSSR count). The van der Waals surface area contributed by atoms with Crippen LogP contribution in [0.5, 0.6) is 0 Å². The molecule has 1 saturated carbocycles. The Bertz CT molecular complexity index is 1270. The van der Waals surface area contributed by atoms with Crippen molar-refractivity contribution in [3.05, 3.63) is 48.3 Å². The molecule has 31 heavy (non-hydrogen) atoms. The first kappa shape index (κ1) is 21.1. The zero-order valence-electron chi connectivity index (χ0n) is 17.2. The van der Waals surface area contributed by atoms with Gasteiger partial charge in [-0.15, -0.1) is 0 Å². The van der Waals surface area contributed by atoms with Crippen molar-refractivity contribution in [2.24, 2.45) is 5.73 Å². The predicted octanol–water partition coefficient (Wildman–Crippen LogP) is 3.16. The van der Waals surface area contributed by atoms with Gasteiger partial charge in [0, 0.05) is 17.4 Å². The van der Waals surface area contributed by atoms with Crippen molar-refractivity contribution in [2.45, 2.75) is 37.9 Å². The number of hydrogen-bond acceptors (Lipinski definition) is 5. The average molecular weight is 446 g/mol. The summed E-state index contributed by atoms with van der Waals surface area (Å²) in [5, 5.41) is 7.48. The monoisotopic (exact) mass is 445 g/mol. The maximum Gasteiger partial charge on any atom is 0.252 e. The zero-order chi connectivity index (χ0) is 22.4. The molecule has 4 N–H and O–H groups in total. The second-order valence-electron chi connectivity index (χ2n) is 8.18. The number of sulfonamides is 1. The minimum atomic E-state index is -3.41. The Kier molecular flexibility index (Phi) is 5.12. The molecule has 2 heterocycles. The number of primary amides is 1. The Morgan fingerprint density at radius 2 is 2.10 bits per heavy atom. The second kappa shape index (κ2) is 7.52. The van der Waals surface area contributed by atoms with Gasteiger partial charge in [-0.25, -0.2) is 17.3 Å². The lowest BCUT2D eigenvalue weighted by Crippen LogP contribution is -2.36. The van der Waals surface area contributed by atoms with E-state index in [4.69, 9.17) is 5.73 Å². The highest BCUT2D eigenvalue weighted by molar-refractivity contribution is 7.92. The number of halogens is 1. The molecule has 2 atom stereocenters. The number of carbonyl (C=O) groups excluding carboxylic acids is 1. The zero-order valence-corrected chi connectivity index (χ0v) is 18.0. The smallest absolute Gasteiger partial charge is 0.252 e. The highest BCUT2D eigenvalue weighted by atomic mass is 32.2. The van der Waals surface area contributed by atoms with Gasteiger partial charge in [0.2, 0.25) is 10.0 Å². The van der Waals surface area contributed by atoms with Gasteiger partial charge in [0.05, 0.1) is 35.3 Å². The maximum absolute atomic E-state index is 14.9. The lowest BCUT2D eigenvalue weighted by atomic mass is 10.0. The number of aromatic nitrogens is 2. The fourth-order valence-electron chi connectivity index (χ4n) is 4.05. The Balaban J connectivity index is 1.79. The Labute approximate surface area is 179 Å². The Morgan fingerprint density at radius 3 is 2.74 bits per heavy atom. The quantitative estimate of drug-likeness (QED) is 0.539. The first-order valence-electron chi connectivity index (χ1n) is 9.88. The first-order chi connectivity index (χ1) is 14.5. The van der Waals surface area contributed by atoms with E-state index in [9.17, 15) is 17.6 Å². The van der Waals surface area contributed by atoms with Crippen LogP contribution in [0.25, 0.3) is 16.6 Å². The van der Waals surface area contributed by atoms with Crippen LogP contribution in [0.2, 0.25) is 0 Å². The van der Waals surface area contributed by atoms with E-state index in [-0.39, 0.29) is 5.56 Å². The molecular formula is C21H24FN5O3S. The molecule has 8 nitrogen and oxygen atoms in total. The summed E-state index contributed by atoms with van der Waals surface area (Å²) in [6, 6.07) is 8.29. The van der Waals surface area contributed by atoms with Crippen LogP contribution in [0.4, 0.5) is 15.8 Å². The third-order valence-corrected chi connectivity index (χ3v) is 6.21. The molecule has 1 aliphatic rings. The number of alkyl halides is 1. The van der Waals surface area contributed by atoms with Gasteiger partial charge < -0.3 is 11.1 Å². The van der Waals surface area contributed by atoms with Crippen molar-refractivity contribution in [1.82, 2.24) is 9.61 Å². The fourth-order valence-corrected chi connectivity index (χ4v) is 4.61. The highest BCUT2D eigenvalue weighted by Gasteiger charge is 2.39. The fraction of sp³-hybridized carbons (Fsp3) is 0.333. The summed E-state index contributed by atoms with van der Waals surface area (Å²) in [4.78, 5) is 12.0. The number of nitrogens with one attached hydrogen (secondary N) is 2. The van der Waals surface area contributed by atoms with Gasteiger partial charge in [0.25, 0.3) is 5.91 Å². The van der Waals surface area contributed by atoms with Crippen molar-refractivity contribution in [3.63, 3.8) is 0 Å². The molecule has 164 valence electrons. The van der Waals surface area contributed by atoms with E-state index < -0.39 is 27.6 Å². The van der Waals surface area contributed by atoms with Gasteiger partial charge in [0.1, 0.15) is 5.67 Å². The molecule has 0 saturated heterocycles. The second-order valence-corrected chi connectivity index (χ2v) is 9.93. The van der Waals surface area contributed by atoms with Gasteiger partial charge in [-0.05, 0) is 49.9 Å². The summed E-state index contributed by atoms with van der Waals surface area (Å²) in [6.07, 6.45) is 6.06. The average Bonchev–Trinajstić information content (AvgIpc) is 3.24.